The number of rotatable bonds is 7. The minimum atomic E-state index is -0.846. The van der Waals surface area contributed by atoms with Crippen molar-refractivity contribution in [3.63, 3.8) is 0 Å². The van der Waals surface area contributed by atoms with Crippen LogP contribution >= 0.6 is 0 Å². The highest BCUT2D eigenvalue weighted by Gasteiger charge is 2.02. The molecule has 5 nitrogen and oxygen atoms in total. The van der Waals surface area contributed by atoms with E-state index in [0.717, 1.165) is 25.2 Å². The van der Waals surface area contributed by atoms with E-state index in [1.807, 2.05) is 6.20 Å². The molecule has 0 aliphatic rings. The number of carboxylic acids is 1. The highest BCUT2D eigenvalue weighted by Crippen LogP contribution is 2.00. The fraction of sp³-hybridized carbons (Fsp3) is 0.600. The molecule has 0 aliphatic carbocycles. The van der Waals surface area contributed by atoms with Gasteiger partial charge in [0.15, 0.2) is 0 Å². The van der Waals surface area contributed by atoms with Crippen LogP contribution in [0.1, 0.15) is 25.6 Å². The number of aryl methyl sites for hydroxylation is 1. The molecule has 5 heteroatoms. The lowest BCUT2D eigenvalue weighted by atomic mass is 10.3. The third-order valence-electron chi connectivity index (χ3n) is 2.11. The predicted octanol–water partition coefficient (Wildman–Crippen LogP) is 0.857. The average Bonchev–Trinajstić information content (AvgIpc) is 2.62. The number of unbranched alkanes of at least 4 members (excludes halogenated alkanes) is 1. The van der Waals surface area contributed by atoms with E-state index in [2.05, 4.69) is 21.8 Å². The maximum Gasteiger partial charge on any atom is 0.317 e. The molecule has 0 saturated heterocycles. The molecule has 0 unspecified atom stereocenters. The first-order valence-electron chi connectivity index (χ1n) is 5.16. The van der Waals surface area contributed by atoms with Crippen molar-refractivity contribution in [2.75, 3.05) is 6.54 Å². The van der Waals surface area contributed by atoms with E-state index in [-0.39, 0.29) is 6.54 Å². The van der Waals surface area contributed by atoms with Crippen LogP contribution in [0.25, 0.3) is 0 Å². The zero-order valence-electron chi connectivity index (χ0n) is 8.94. The van der Waals surface area contributed by atoms with E-state index < -0.39 is 5.97 Å². The van der Waals surface area contributed by atoms with Crippen molar-refractivity contribution in [2.24, 2.45) is 0 Å². The second-order valence-corrected chi connectivity index (χ2v) is 3.39. The second-order valence-electron chi connectivity index (χ2n) is 3.39. The van der Waals surface area contributed by atoms with Gasteiger partial charge in [0, 0.05) is 18.9 Å². The van der Waals surface area contributed by atoms with Crippen molar-refractivity contribution in [2.45, 2.75) is 32.9 Å². The first kappa shape index (κ1) is 11.7. The SMILES string of the molecule is CCCCn1ccnc1CNCC(=O)O. The van der Waals surface area contributed by atoms with Gasteiger partial charge in [-0.25, -0.2) is 4.98 Å². The van der Waals surface area contributed by atoms with E-state index in [0.29, 0.717) is 6.54 Å². The molecule has 2 N–H and O–H groups in total. The molecule has 0 aromatic carbocycles. The maximum absolute atomic E-state index is 10.3. The molecule has 0 saturated carbocycles. The quantitative estimate of drug-likeness (QED) is 0.702. The summed E-state index contributed by atoms with van der Waals surface area (Å²) in [7, 11) is 0. The van der Waals surface area contributed by atoms with Gasteiger partial charge in [0.1, 0.15) is 5.82 Å². The summed E-state index contributed by atoms with van der Waals surface area (Å²) < 4.78 is 2.05. The summed E-state index contributed by atoms with van der Waals surface area (Å²) in [6.45, 7) is 3.56. The highest BCUT2D eigenvalue weighted by atomic mass is 16.4. The number of carboxylic acid groups (broad SMARTS) is 1. The minimum Gasteiger partial charge on any atom is -0.480 e. The Labute approximate surface area is 89.1 Å². The molecule has 0 radical (unpaired) electrons. The number of nitrogens with zero attached hydrogens (tertiary/aromatic N) is 2. The lowest BCUT2D eigenvalue weighted by molar-refractivity contribution is -0.136. The fourth-order valence-corrected chi connectivity index (χ4v) is 1.32. The predicted molar refractivity (Wildman–Crippen MR) is 56.5 cm³/mol. The Kier molecular flexibility index (Phi) is 4.83. The van der Waals surface area contributed by atoms with E-state index >= 15 is 0 Å². The molecule has 15 heavy (non-hydrogen) atoms. The molecule has 0 bridgehead atoms. The van der Waals surface area contributed by atoms with Crippen LogP contribution in [-0.4, -0.2) is 27.2 Å². The smallest absolute Gasteiger partial charge is 0.317 e. The molecule has 1 rings (SSSR count). The molecule has 1 heterocycles. The van der Waals surface area contributed by atoms with E-state index in [9.17, 15) is 4.79 Å². The van der Waals surface area contributed by atoms with Crippen LogP contribution in [0.15, 0.2) is 12.4 Å². The van der Waals surface area contributed by atoms with Gasteiger partial charge >= 0.3 is 5.97 Å². The zero-order valence-corrected chi connectivity index (χ0v) is 8.94. The van der Waals surface area contributed by atoms with Crippen molar-refractivity contribution < 1.29 is 9.90 Å². The summed E-state index contributed by atoms with van der Waals surface area (Å²) in [5.74, 6) is 0.0476. The topological polar surface area (TPSA) is 67.2 Å². The van der Waals surface area contributed by atoms with Gasteiger partial charge in [0.05, 0.1) is 13.1 Å². The molecule has 0 spiro atoms. The first-order chi connectivity index (χ1) is 7.24. The molecule has 1 aromatic rings. The van der Waals surface area contributed by atoms with Gasteiger partial charge in [-0.2, -0.15) is 0 Å². The Hall–Kier alpha value is -1.36. The normalized spacial score (nSPS) is 10.5. The molecule has 84 valence electrons. The molecular weight excluding hydrogens is 194 g/mol. The molecule has 0 aliphatic heterocycles. The first-order valence-corrected chi connectivity index (χ1v) is 5.16. The summed E-state index contributed by atoms with van der Waals surface area (Å²) in [5, 5.41) is 11.3. The Balaban J connectivity index is 2.39. The van der Waals surface area contributed by atoms with E-state index in [1.165, 1.54) is 0 Å². The van der Waals surface area contributed by atoms with Crippen molar-refractivity contribution in [1.29, 1.82) is 0 Å². The van der Waals surface area contributed by atoms with Crippen LogP contribution in [-0.2, 0) is 17.9 Å². The van der Waals surface area contributed by atoms with Gasteiger partial charge in [0.2, 0.25) is 0 Å². The van der Waals surface area contributed by atoms with Crippen LogP contribution in [0.3, 0.4) is 0 Å². The minimum absolute atomic E-state index is 0.0271. The molecule has 0 amide bonds. The number of imidazole rings is 1. The third kappa shape index (κ3) is 4.12. The molecular formula is C10H17N3O2. The standard InChI is InChI=1S/C10H17N3O2/c1-2-3-5-13-6-4-12-9(13)7-11-8-10(14)15/h4,6,11H,2-3,5,7-8H2,1H3,(H,14,15). The van der Waals surface area contributed by atoms with E-state index in [1.54, 1.807) is 6.20 Å². The number of hydrogen-bond donors (Lipinski definition) is 2. The lowest BCUT2D eigenvalue weighted by Gasteiger charge is -2.06. The van der Waals surface area contributed by atoms with Crippen LogP contribution in [0.5, 0.6) is 0 Å². The van der Waals surface area contributed by atoms with Crippen molar-refractivity contribution in [1.82, 2.24) is 14.9 Å². The summed E-state index contributed by atoms with van der Waals surface area (Å²) in [6, 6.07) is 0. The maximum atomic E-state index is 10.3. The molecule has 0 atom stereocenters. The number of aliphatic carboxylic acids is 1. The average molecular weight is 211 g/mol. The number of nitrogens with one attached hydrogen (secondary N) is 1. The van der Waals surface area contributed by atoms with Crippen molar-refractivity contribution in [3.8, 4) is 0 Å². The Morgan fingerprint density at radius 3 is 3.13 bits per heavy atom. The number of carbonyl (C=O) groups is 1. The van der Waals surface area contributed by atoms with Gasteiger partial charge in [-0.1, -0.05) is 13.3 Å². The molecule has 1 aromatic heterocycles. The third-order valence-corrected chi connectivity index (χ3v) is 2.11. The monoisotopic (exact) mass is 211 g/mol. The van der Waals surface area contributed by atoms with Crippen molar-refractivity contribution >= 4 is 5.97 Å². The van der Waals surface area contributed by atoms with Crippen molar-refractivity contribution in [3.05, 3.63) is 18.2 Å². The number of aromatic nitrogens is 2. The zero-order chi connectivity index (χ0) is 11.1. The summed E-state index contributed by atoms with van der Waals surface area (Å²) in [5.41, 5.74) is 0. The van der Waals surface area contributed by atoms with Gasteiger partial charge < -0.3 is 9.67 Å². The van der Waals surface area contributed by atoms with Crippen LogP contribution in [0, 0.1) is 0 Å². The van der Waals surface area contributed by atoms with Crippen LogP contribution in [0.4, 0.5) is 0 Å². The van der Waals surface area contributed by atoms with E-state index in [4.69, 9.17) is 5.11 Å². The summed E-state index contributed by atoms with van der Waals surface area (Å²) in [4.78, 5) is 14.5. The summed E-state index contributed by atoms with van der Waals surface area (Å²) >= 11 is 0. The molecule has 0 fully saturated rings. The van der Waals surface area contributed by atoms with Crippen LogP contribution in [0.2, 0.25) is 0 Å². The van der Waals surface area contributed by atoms with Gasteiger partial charge in [-0.3, -0.25) is 10.1 Å². The second kappa shape index (κ2) is 6.19. The van der Waals surface area contributed by atoms with Gasteiger partial charge in [0.25, 0.3) is 0 Å². The fourth-order valence-electron chi connectivity index (χ4n) is 1.32. The Morgan fingerprint density at radius 1 is 1.67 bits per heavy atom. The lowest BCUT2D eigenvalue weighted by Crippen LogP contribution is -2.23. The Bertz CT molecular complexity index is 309. The van der Waals surface area contributed by atoms with Gasteiger partial charge in [-0.15, -0.1) is 0 Å². The Morgan fingerprint density at radius 2 is 2.47 bits per heavy atom. The number of hydrogen-bond acceptors (Lipinski definition) is 3. The highest BCUT2D eigenvalue weighted by molar-refractivity contribution is 5.68. The summed E-state index contributed by atoms with van der Waals surface area (Å²) in [6.07, 6.45) is 5.92. The van der Waals surface area contributed by atoms with Crippen LogP contribution < -0.4 is 5.32 Å². The van der Waals surface area contributed by atoms with Gasteiger partial charge in [-0.05, 0) is 6.42 Å². The largest absolute Gasteiger partial charge is 0.480 e.